The molecule has 2 aromatic rings. The third-order valence-corrected chi connectivity index (χ3v) is 3.15. The summed E-state index contributed by atoms with van der Waals surface area (Å²) >= 11 is 0. The van der Waals surface area contributed by atoms with E-state index < -0.39 is 28.8 Å². The van der Waals surface area contributed by atoms with Crippen molar-refractivity contribution >= 4 is 29.5 Å². The number of pyridine rings is 1. The number of hydrogen-bond acceptors (Lipinski definition) is 5. The van der Waals surface area contributed by atoms with Gasteiger partial charge in [-0.2, -0.15) is 0 Å². The Hall–Kier alpha value is -3.16. The van der Waals surface area contributed by atoms with Gasteiger partial charge in [0.05, 0.1) is 22.9 Å². The molecule has 1 heterocycles. The van der Waals surface area contributed by atoms with Crippen molar-refractivity contribution in [3.05, 3.63) is 58.0 Å². The monoisotopic (exact) mass is 317 g/mol. The van der Waals surface area contributed by atoms with Crippen LogP contribution < -0.4 is 10.9 Å². The van der Waals surface area contributed by atoms with Gasteiger partial charge in [0.15, 0.2) is 0 Å². The summed E-state index contributed by atoms with van der Waals surface area (Å²) in [6.45, 7) is 0. The molecule has 0 aliphatic carbocycles. The van der Waals surface area contributed by atoms with Crippen LogP contribution >= 0.6 is 0 Å². The van der Waals surface area contributed by atoms with Crippen molar-refractivity contribution in [3.63, 3.8) is 0 Å². The minimum atomic E-state index is -1.01. The number of anilines is 2. The minimum Gasteiger partial charge on any atom is -0.350 e. The lowest BCUT2D eigenvalue weighted by molar-refractivity contribution is 0.591. The van der Waals surface area contributed by atoms with E-state index in [-0.39, 0.29) is 17.0 Å². The molecule has 0 radical (unpaired) electrons. The van der Waals surface area contributed by atoms with Crippen molar-refractivity contribution in [2.24, 2.45) is 5.92 Å². The lowest BCUT2D eigenvalue weighted by Crippen LogP contribution is -2.26. The zero-order valence-corrected chi connectivity index (χ0v) is 11.8. The Balaban J connectivity index is 2.55. The van der Waals surface area contributed by atoms with Crippen LogP contribution in [0.3, 0.4) is 0 Å². The minimum absolute atomic E-state index is 0.0106. The first-order valence-corrected chi connectivity index (χ1v) is 6.52. The Kier molecular flexibility index (Phi) is 4.75. The highest BCUT2D eigenvalue weighted by Gasteiger charge is 2.20. The fourth-order valence-electron chi connectivity index (χ4n) is 1.98. The van der Waals surface area contributed by atoms with Gasteiger partial charge < -0.3 is 26.5 Å². The summed E-state index contributed by atoms with van der Waals surface area (Å²) in [4.78, 5) is 14.4. The number of nitrogens with one attached hydrogen (secondary N) is 5. The molecule has 1 aromatic carbocycles. The predicted molar refractivity (Wildman–Crippen MR) is 84.6 cm³/mol. The standard InChI is InChI=1S/C15H13F2N5O/c16-9-2-1-3-10(17)14(9)22-11-4-5-21-15(23)12(11)13(20)8(6-18)7-19/h1-8,18-20H,(H2,21,22,23). The molecule has 0 bridgehead atoms. The Labute approximate surface area is 129 Å². The van der Waals surface area contributed by atoms with E-state index in [2.05, 4.69) is 10.3 Å². The van der Waals surface area contributed by atoms with E-state index in [4.69, 9.17) is 16.2 Å². The van der Waals surface area contributed by atoms with Gasteiger partial charge in [-0.1, -0.05) is 6.07 Å². The molecular formula is C15H13F2N5O. The Morgan fingerprint density at radius 1 is 1.17 bits per heavy atom. The maximum atomic E-state index is 13.7. The van der Waals surface area contributed by atoms with Crippen LogP contribution in [0.5, 0.6) is 0 Å². The topological polar surface area (TPSA) is 116 Å². The van der Waals surface area contributed by atoms with Gasteiger partial charge >= 0.3 is 0 Å². The second-order valence-corrected chi connectivity index (χ2v) is 4.59. The number of rotatable bonds is 6. The molecule has 2 rings (SSSR count). The molecule has 0 saturated heterocycles. The molecule has 0 fully saturated rings. The van der Waals surface area contributed by atoms with Gasteiger partial charge in [0.25, 0.3) is 5.56 Å². The molecule has 5 N–H and O–H groups in total. The van der Waals surface area contributed by atoms with E-state index in [9.17, 15) is 13.6 Å². The third kappa shape index (κ3) is 3.20. The van der Waals surface area contributed by atoms with E-state index in [1.807, 2.05) is 0 Å². The molecule has 8 heteroatoms. The van der Waals surface area contributed by atoms with Crippen molar-refractivity contribution in [2.45, 2.75) is 0 Å². The van der Waals surface area contributed by atoms with E-state index in [1.165, 1.54) is 18.3 Å². The normalized spacial score (nSPS) is 11.6. The maximum absolute atomic E-state index is 13.7. The quantitative estimate of drug-likeness (QED) is 0.527. The van der Waals surface area contributed by atoms with Crippen LogP contribution in [0.1, 0.15) is 5.56 Å². The van der Waals surface area contributed by atoms with Crippen LogP contribution in [0.2, 0.25) is 0 Å². The molecule has 0 aliphatic heterocycles. The average Bonchev–Trinajstić information content (AvgIpc) is 2.52. The lowest BCUT2D eigenvalue weighted by Gasteiger charge is -2.14. The van der Waals surface area contributed by atoms with Crippen LogP contribution in [0.4, 0.5) is 20.2 Å². The highest BCUT2D eigenvalue weighted by Crippen LogP contribution is 2.24. The fourth-order valence-corrected chi connectivity index (χ4v) is 1.98. The SMILES string of the molecule is N=CC(C=N)C(=N)c1c(Nc2c(F)cccc2F)cc[nH]c1=O. The van der Waals surface area contributed by atoms with Gasteiger partial charge in [-0.25, -0.2) is 8.78 Å². The van der Waals surface area contributed by atoms with E-state index >= 15 is 0 Å². The first-order valence-electron chi connectivity index (χ1n) is 6.52. The van der Waals surface area contributed by atoms with Gasteiger partial charge in [-0.3, -0.25) is 4.79 Å². The number of aromatic amines is 1. The molecule has 0 atom stereocenters. The number of para-hydroxylation sites is 1. The van der Waals surface area contributed by atoms with Crippen LogP contribution in [0.15, 0.2) is 35.3 Å². The average molecular weight is 317 g/mol. The van der Waals surface area contributed by atoms with Crippen molar-refractivity contribution in [3.8, 4) is 0 Å². The zero-order valence-electron chi connectivity index (χ0n) is 11.8. The Morgan fingerprint density at radius 2 is 1.78 bits per heavy atom. The Bertz CT molecular complexity index is 803. The van der Waals surface area contributed by atoms with Crippen molar-refractivity contribution in [1.29, 1.82) is 16.2 Å². The summed E-state index contributed by atoms with van der Waals surface area (Å²) in [5.41, 5.74) is -1.61. The van der Waals surface area contributed by atoms with Crippen LogP contribution in [0, 0.1) is 33.8 Å². The van der Waals surface area contributed by atoms with Crippen LogP contribution in [-0.2, 0) is 0 Å². The molecular weight excluding hydrogens is 304 g/mol. The van der Waals surface area contributed by atoms with Crippen molar-refractivity contribution in [1.82, 2.24) is 4.98 Å². The molecule has 23 heavy (non-hydrogen) atoms. The summed E-state index contributed by atoms with van der Waals surface area (Å²) in [7, 11) is 0. The number of halogens is 2. The molecule has 0 spiro atoms. The second kappa shape index (κ2) is 6.73. The summed E-state index contributed by atoms with van der Waals surface area (Å²) in [5, 5.41) is 24.9. The molecule has 0 saturated carbocycles. The van der Waals surface area contributed by atoms with Gasteiger partial charge in [0.2, 0.25) is 0 Å². The first-order chi connectivity index (χ1) is 11.0. The van der Waals surface area contributed by atoms with Crippen molar-refractivity contribution < 1.29 is 8.78 Å². The van der Waals surface area contributed by atoms with Gasteiger partial charge in [0, 0.05) is 18.6 Å². The maximum Gasteiger partial charge on any atom is 0.259 e. The number of benzene rings is 1. The summed E-state index contributed by atoms with van der Waals surface area (Å²) in [6, 6.07) is 4.67. The largest absolute Gasteiger partial charge is 0.350 e. The zero-order chi connectivity index (χ0) is 17.0. The van der Waals surface area contributed by atoms with Crippen LogP contribution in [0.25, 0.3) is 0 Å². The first kappa shape index (κ1) is 16.2. The fraction of sp³-hybridized carbons (Fsp3) is 0.0667. The highest BCUT2D eigenvalue weighted by atomic mass is 19.1. The molecule has 0 unspecified atom stereocenters. The van der Waals surface area contributed by atoms with E-state index in [0.29, 0.717) is 0 Å². The lowest BCUT2D eigenvalue weighted by atomic mass is 9.98. The van der Waals surface area contributed by atoms with Crippen molar-refractivity contribution in [2.75, 3.05) is 5.32 Å². The third-order valence-electron chi connectivity index (χ3n) is 3.15. The van der Waals surface area contributed by atoms with Gasteiger partial charge in [-0.15, -0.1) is 0 Å². The number of H-pyrrole nitrogens is 1. The predicted octanol–water partition coefficient (Wildman–Crippen LogP) is 2.68. The highest BCUT2D eigenvalue weighted by molar-refractivity contribution is 6.18. The number of hydrogen-bond donors (Lipinski definition) is 5. The van der Waals surface area contributed by atoms with E-state index in [1.54, 1.807) is 0 Å². The van der Waals surface area contributed by atoms with Crippen LogP contribution in [-0.4, -0.2) is 23.1 Å². The molecule has 6 nitrogen and oxygen atoms in total. The second-order valence-electron chi connectivity index (χ2n) is 4.59. The summed E-state index contributed by atoms with van der Waals surface area (Å²) < 4.78 is 27.5. The smallest absolute Gasteiger partial charge is 0.259 e. The number of aromatic nitrogens is 1. The summed E-state index contributed by atoms with van der Waals surface area (Å²) in [6.07, 6.45) is 2.93. The van der Waals surface area contributed by atoms with E-state index in [0.717, 1.165) is 24.6 Å². The van der Waals surface area contributed by atoms with Gasteiger partial charge in [0.1, 0.15) is 17.3 Å². The molecule has 1 aromatic heterocycles. The Morgan fingerprint density at radius 3 is 2.35 bits per heavy atom. The van der Waals surface area contributed by atoms with Gasteiger partial charge in [-0.05, 0) is 18.2 Å². The molecule has 118 valence electrons. The molecule has 0 amide bonds. The summed E-state index contributed by atoms with van der Waals surface area (Å²) in [5.74, 6) is -2.71. The molecule has 0 aliphatic rings.